The number of anilines is 1. The topological polar surface area (TPSA) is 61.9 Å². The Labute approximate surface area is 166 Å². The van der Waals surface area contributed by atoms with Crippen LogP contribution in [0.3, 0.4) is 0 Å². The van der Waals surface area contributed by atoms with E-state index in [0.717, 1.165) is 30.9 Å². The number of rotatable bonds is 6. The minimum absolute atomic E-state index is 0.00916. The first-order valence-electron chi connectivity index (χ1n) is 9.69. The van der Waals surface area contributed by atoms with Gasteiger partial charge in [0.05, 0.1) is 7.11 Å². The Balaban J connectivity index is 1.56. The zero-order valence-electron chi connectivity index (χ0n) is 16.5. The number of amides is 2. The first-order valence-corrected chi connectivity index (χ1v) is 9.69. The van der Waals surface area contributed by atoms with Crippen molar-refractivity contribution in [3.63, 3.8) is 0 Å². The van der Waals surface area contributed by atoms with Crippen LogP contribution in [0.5, 0.6) is 5.75 Å². The van der Waals surface area contributed by atoms with Gasteiger partial charge in [-0.1, -0.05) is 6.92 Å². The average molecular weight is 381 g/mol. The Hall–Kier alpha value is -3.02. The minimum atomic E-state index is -0.103. The molecule has 0 spiro atoms. The van der Waals surface area contributed by atoms with Crippen LogP contribution in [0.15, 0.2) is 48.5 Å². The van der Waals surface area contributed by atoms with Crippen molar-refractivity contribution in [1.82, 2.24) is 10.2 Å². The summed E-state index contributed by atoms with van der Waals surface area (Å²) >= 11 is 0. The van der Waals surface area contributed by atoms with E-state index in [1.807, 2.05) is 36.1 Å². The highest BCUT2D eigenvalue weighted by Crippen LogP contribution is 2.21. The van der Waals surface area contributed by atoms with Crippen LogP contribution < -0.4 is 15.0 Å². The molecule has 0 aromatic heterocycles. The fraction of sp³-hybridized carbons (Fsp3) is 0.364. The lowest BCUT2D eigenvalue weighted by Crippen LogP contribution is -2.48. The standard InChI is InChI=1S/C22H27N3O3/c1-3-12-23-21(26)17-4-6-18(7-5-17)22(27)25-15-13-24(14-16-25)19-8-10-20(28-2)11-9-19/h4-11H,3,12-16H2,1-2H3,(H,23,26). The van der Waals surface area contributed by atoms with Crippen LogP contribution in [0.1, 0.15) is 34.1 Å². The van der Waals surface area contributed by atoms with Crippen molar-refractivity contribution in [1.29, 1.82) is 0 Å². The maximum absolute atomic E-state index is 12.8. The Bertz CT molecular complexity index is 795. The first kappa shape index (κ1) is 19.7. The van der Waals surface area contributed by atoms with E-state index in [1.165, 1.54) is 0 Å². The lowest BCUT2D eigenvalue weighted by atomic mass is 10.1. The molecule has 28 heavy (non-hydrogen) atoms. The number of nitrogens with zero attached hydrogens (tertiary/aromatic N) is 2. The normalized spacial score (nSPS) is 13.9. The second-order valence-corrected chi connectivity index (χ2v) is 6.81. The molecule has 1 N–H and O–H groups in total. The van der Waals surface area contributed by atoms with E-state index >= 15 is 0 Å². The van der Waals surface area contributed by atoms with Gasteiger partial charge in [0.15, 0.2) is 0 Å². The van der Waals surface area contributed by atoms with Crippen LogP contribution in [-0.4, -0.2) is 56.5 Å². The molecule has 2 aromatic rings. The van der Waals surface area contributed by atoms with Gasteiger partial charge in [0.1, 0.15) is 5.75 Å². The Morgan fingerprint density at radius 3 is 2.11 bits per heavy atom. The molecule has 0 atom stereocenters. The van der Waals surface area contributed by atoms with Crippen LogP contribution in [0, 0.1) is 0 Å². The second kappa shape index (κ2) is 9.26. The van der Waals surface area contributed by atoms with Crippen LogP contribution in [0.4, 0.5) is 5.69 Å². The Kier molecular flexibility index (Phi) is 6.53. The quantitative estimate of drug-likeness (QED) is 0.836. The Morgan fingerprint density at radius 1 is 0.929 bits per heavy atom. The van der Waals surface area contributed by atoms with Crippen molar-refractivity contribution in [2.45, 2.75) is 13.3 Å². The van der Waals surface area contributed by atoms with E-state index in [-0.39, 0.29) is 11.8 Å². The average Bonchev–Trinajstić information content (AvgIpc) is 2.77. The second-order valence-electron chi connectivity index (χ2n) is 6.81. The molecule has 3 rings (SSSR count). The number of carbonyl (C=O) groups is 2. The zero-order valence-corrected chi connectivity index (χ0v) is 16.5. The van der Waals surface area contributed by atoms with E-state index in [2.05, 4.69) is 10.2 Å². The minimum Gasteiger partial charge on any atom is -0.497 e. The SMILES string of the molecule is CCCNC(=O)c1ccc(C(=O)N2CCN(c3ccc(OC)cc3)CC2)cc1. The van der Waals surface area contributed by atoms with Crippen molar-refractivity contribution < 1.29 is 14.3 Å². The molecule has 0 radical (unpaired) electrons. The largest absolute Gasteiger partial charge is 0.497 e. The number of hydrogen-bond donors (Lipinski definition) is 1. The summed E-state index contributed by atoms with van der Waals surface area (Å²) in [5, 5.41) is 2.84. The summed E-state index contributed by atoms with van der Waals surface area (Å²) in [4.78, 5) is 28.9. The van der Waals surface area contributed by atoms with Gasteiger partial charge >= 0.3 is 0 Å². The summed E-state index contributed by atoms with van der Waals surface area (Å²) < 4.78 is 5.20. The molecule has 2 aromatic carbocycles. The maximum Gasteiger partial charge on any atom is 0.253 e. The number of ether oxygens (including phenoxy) is 1. The molecule has 0 bridgehead atoms. The molecule has 1 aliphatic heterocycles. The van der Waals surface area contributed by atoms with Crippen LogP contribution in [0.25, 0.3) is 0 Å². The van der Waals surface area contributed by atoms with Crippen molar-refractivity contribution in [3.05, 3.63) is 59.7 Å². The van der Waals surface area contributed by atoms with Crippen LogP contribution >= 0.6 is 0 Å². The third-order valence-corrected chi connectivity index (χ3v) is 4.93. The van der Waals surface area contributed by atoms with Crippen molar-refractivity contribution in [2.75, 3.05) is 44.7 Å². The summed E-state index contributed by atoms with van der Waals surface area (Å²) in [6.45, 7) is 5.58. The summed E-state index contributed by atoms with van der Waals surface area (Å²) in [6, 6.07) is 14.9. The summed E-state index contributed by atoms with van der Waals surface area (Å²) in [7, 11) is 1.66. The molecule has 1 aliphatic rings. The third kappa shape index (κ3) is 4.63. The molecule has 148 valence electrons. The van der Waals surface area contributed by atoms with Crippen LogP contribution in [0.2, 0.25) is 0 Å². The molecule has 1 heterocycles. The van der Waals surface area contributed by atoms with Gasteiger partial charge in [-0.25, -0.2) is 0 Å². The number of carbonyl (C=O) groups excluding carboxylic acids is 2. The molecule has 6 nitrogen and oxygen atoms in total. The number of methoxy groups -OCH3 is 1. The number of benzene rings is 2. The monoisotopic (exact) mass is 381 g/mol. The third-order valence-electron chi connectivity index (χ3n) is 4.93. The zero-order chi connectivity index (χ0) is 19.9. The molecule has 0 aliphatic carbocycles. The molecule has 6 heteroatoms. The maximum atomic E-state index is 12.8. The molecule has 0 unspecified atom stereocenters. The van der Waals surface area contributed by atoms with Gasteiger partial charge in [0.2, 0.25) is 0 Å². The molecular weight excluding hydrogens is 354 g/mol. The molecule has 1 saturated heterocycles. The van der Waals surface area contributed by atoms with Gasteiger partial charge in [-0.2, -0.15) is 0 Å². The van der Waals surface area contributed by atoms with E-state index in [1.54, 1.807) is 31.4 Å². The molecular formula is C22H27N3O3. The van der Waals surface area contributed by atoms with E-state index in [0.29, 0.717) is 30.8 Å². The first-order chi connectivity index (χ1) is 13.6. The van der Waals surface area contributed by atoms with Crippen molar-refractivity contribution >= 4 is 17.5 Å². The number of piperazine rings is 1. The molecule has 1 fully saturated rings. The van der Waals surface area contributed by atoms with Crippen molar-refractivity contribution in [3.8, 4) is 5.75 Å². The number of nitrogens with one attached hydrogen (secondary N) is 1. The Morgan fingerprint density at radius 2 is 1.54 bits per heavy atom. The highest BCUT2D eigenvalue weighted by Gasteiger charge is 2.22. The van der Waals surface area contributed by atoms with E-state index in [4.69, 9.17) is 4.74 Å². The summed E-state index contributed by atoms with van der Waals surface area (Å²) in [6.07, 6.45) is 0.894. The van der Waals surface area contributed by atoms with Crippen molar-refractivity contribution in [2.24, 2.45) is 0 Å². The summed E-state index contributed by atoms with van der Waals surface area (Å²) in [5.41, 5.74) is 2.33. The lowest BCUT2D eigenvalue weighted by molar-refractivity contribution is 0.0746. The number of hydrogen-bond acceptors (Lipinski definition) is 4. The predicted molar refractivity (Wildman–Crippen MR) is 110 cm³/mol. The van der Waals surface area contributed by atoms with Gasteiger partial charge in [0, 0.05) is 49.5 Å². The van der Waals surface area contributed by atoms with Gasteiger partial charge in [0.25, 0.3) is 11.8 Å². The highest BCUT2D eigenvalue weighted by molar-refractivity contribution is 5.97. The van der Waals surface area contributed by atoms with Gasteiger partial charge in [-0.05, 0) is 55.0 Å². The lowest BCUT2D eigenvalue weighted by Gasteiger charge is -2.36. The van der Waals surface area contributed by atoms with Gasteiger partial charge in [-0.3, -0.25) is 9.59 Å². The summed E-state index contributed by atoms with van der Waals surface area (Å²) in [5.74, 6) is 0.744. The van der Waals surface area contributed by atoms with Crippen LogP contribution in [-0.2, 0) is 0 Å². The fourth-order valence-corrected chi connectivity index (χ4v) is 3.25. The molecule has 2 amide bonds. The van der Waals surface area contributed by atoms with Gasteiger partial charge in [-0.15, -0.1) is 0 Å². The van der Waals surface area contributed by atoms with E-state index in [9.17, 15) is 9.59 Å². The fourth-order valence-electron chi connectivity index (χ4n) is 3.25. The predicted octanol–water partition coefficient (Wildman–Crippen LogP) is 2.80. The van der Waals surface area contributed by atoms with E-state index < -0.39 is 0 Å². The smallest absolute Gasteiger partial charge is 0.253 e. The highest BCUT2D eigenvalue weighted by atomic mass is 16.5. The van der Waals surface area contributed by atoms with Gasteiger partial charge < -0.3 is 19.9 Å². The molecule has 0 saturated carbocycles.